The van der Waals surface area contributed by atoms with E-state index in [-0.39, 0.29) is 0 Å². The minimum atomic E-state index is -0.599. The number of nitriles is 1. The van der Waals surface area contributed by atoms with Gasteiger partial charge in [-0.1, -0.05) is 6.92 Å². The minimum absolute atomic E-state index is 0.442. The molecule has 0 spiro atoms. The summed E-state index contributed by atoms with van der Waals surface area (Å²) in [6.45, 7) is 3.08. The van der Waals surface area contributed by atoms with Crippen LogP contribution in [0.15, 0.2) is 0 Å². The van der Waals surface area contributed by atoms with Gasteiger partial charge >= 0.3 is 0 Å². The highest BCUT2D eigenvalue weighted by atomic mass is 15.2. The molecule has 2 aliphatic carbocycles. The average Bonchev–Trinajstić information content (AvgIpc) is 3.13. The van der Waals surface area contributed by atoms with Crippen molar-refractivity contribution < 1.29 is 0 Å². The Morgan fingerprint density at radius 3 is 2.29 bits per heavy atom. The second-order valence-corrected chi connectivity index (χ2v) is 6.26. The molecule has 1 atom stereocenters. The van der Waals surface area contributed by atoms with Crippen LogP contribution >= 0.6 is 0 Å². The van der Waals surface area contributed by atoms with Crippen LogP contribution in [-0.2, 0) is 0 Å². The van der Waals surface area contributed by atoms with Gasteiger partial charge in [0.25, 0.3) is 0 Å². The maximum Gasteiger partial charge on any atom is 0.119 e. The van der Waals surface area contributed by atoms with Crippen LogP contribution in [-0.4, -0.2) is 30.1 Å². The Bertz CT molecular complexity index is 297. The van der Waals surface area contributed by atoms with Crippen molar-refractivity contribution in [3.63, 3.8) is 0 Å². The Kier molecular flexibility index (Phi) is 3.75. The number of rotatable bonds is 4. The zero-order chi connectivity index (χ0) is 12.5. The molecule has 0 aromatic rings. The van der Waals surface area contributed by atoms with Crippen LogP contribution in [0, 0.1) is 23.2 Å². The molecule has 2 rings (SSSR count). The van der Waals surface area contributed by atoms with E-state index in [2.05, 4.69) is 24.9 Å². The molecule has 0 saturated heterocycles. The highest BCUT2D eigenvalue weighted by molar-refractivity contribution is 5.14. The van der Waals surface area contributed by atoms with Gasteiger partial charge in [-0.05, 0) is 57.4 Å². The van der Waals surface area contributed by atoms with E-state index in [1.807, 2.05) is 0 Å². The zero-order valence-corrected chi connectivity index (χ0v) is 11.2. The van der Waals surface area contributed by atoms with Gasteiger partial charge in [0.2, 0.25) is 0 Å². The van der Waals surface area contributed by atoms with E-state index in [9.17, 15) is 5.26 Å². The molecule has 0 aromatic heterocycles. The van der Waals surface area contributed by atoms with Gasteiger partial charge in [0.1, 0.15) is 5.54 Å². The van der Waals surface area contributed by atoms with Crippen molar-refractivity contribution >= 4 is 0 Å². The van der Waals surface area contributed by atoms with Gasteiger partial charge in [0.05, 0.1) is 6.07 Å². The summed E-state index contributed by atoms with van der Waals surface area (Å²) in [5, 5.41) is 9.28. The summed E-state index contributed by atoms with van der Waals surface area (Å²) in [6, 6.07) is 3.00. The molecule has 0 aromatic carbocycles. The van der Waals surface area contributed by atoms with Crippen LogP contribution in [0.3, 0.4) is 0 Å². The maximum atomic E-state index is 9.28. The molecule has 0 radical (unpaired) electrons. The maximum absolute atomic E-state index is 9.28. The first-order valence-corrected chi connectivity index (χ1v) is 6.95. The molecule has 3 heteroatoms. The number of likely N-dealkylation sites (N-methyl/N-ethyl adjacent to an activating group) is 1. The Morgan fingerprint density at radius 2 is 1.82 bits per heavy atom. The van der Waals surface area contributed by atoms with E-state index in [0.717, 1.165) is 25.3 Å². The summed E-state index contributed by atoms with van der Waals surface area (Å²) in [7, 11) is 2.14. The van der Waals surface area contributed by atoms with Crippen molar-refractivity contribution in [3.05, 3.63) is 0 Å². The van der Waals surface area contributed by atoms with Crippen LogP contribution in [0.5, 0.6) is 0 Å². The van der Waals surface area contributed by atoms with Crippen LogP contribution in [0.2, 0.25) is 0 Å². The van der Waals surface area contributed by atoms with E-state index in [4.69, 9.17) is 5.73 Å². The highest BCUT2D eigenvalue weighted by Gasteiger charge is 2.44. The van der Waals surface area contributed by atoms with Gasteiger partial charge in [-0.3, -0.25) is 0 Å². The summed E-state index contributed by atoms with van der Waals surface area (Å²) in [5.41, 5.74) is 5.64. The number of hydrogen-bond acceptors (Lipinski definition) is 3. The van der Waals surface area contributed by atoms with Gasteiger partial charge < -0.3 is 10.6 Å². The molecule has 2 saturated carbocycles. The Balaban J connectivity index is 1.87. The van der Waals surface area contributed by atoms with Crippen molar-refractivity contribution in [2.45, 2.75) is 57.0 Å². The van der Waals surface area contributed by atoms with Gasteiger partial charge in [-0.2, -0.15) is 5.26 Å². The largest absolute Gasteiger partial charge is 0.312 e. The molecule has 96 valence electrons. The normalized spacial score (nSPS) is 33.1. The van der Waals surface area contributed by atoms with Crippen molar-refractivity contribution in [1.82, 2.24) is 4.90 Å². The first-order valence-electron chi connectivity index (χ1n) is 6.95. The molecule has 1 unspecified atom stereocenters. The van der Waals surface area contributed by atoms with E-state index in [1.165, 1.54) is 25.7 Å². The molecule has 17 heavy (non-hydrogen) atoms. The third kappa shape index (κ3) is 3.00. The minimum Gasteiger partial charge on any atom is -0.312 e. The second-order valence-electron chi connectivity index (χ2n) is 6.26. The molecule has 2 fully saturated rings. The van der Waals surface area contributed by atoms with Crippen molar-refractivity contribution in [1.29, 1.82) is 5.26 Å². The number of nitrogens with two attached hydrogens (primary N) is 1. The molecule has 0 aliphatic heterocycles. The molecule has 2 N–H and O–H groups in total. The lowest BCUT2D eigenvalue weighted by Crippen LogP contribution is -2.52. The predicted octanol–water partition coefficient (Wildman–Crippen LogP) is 2.13. The topological polar surface area (TPSA) is 53.0 Å². The third-order valence-corrected chi connectivity index (χ3v) is 4.63. The van der Waals surface area contributed by atoms with Gasteiger partial charge in [-0.15, -0.1) is 0 Å². The van der Waals surface area contributed by atoms with Crippen molar-refractivity contribution in [2.24, 2.45) is 17.6 Å². The molecule has 0 heterocycles. The monoisotopic (exact) mass is 235 g/mol. The van der Waals surface area contributed by atoms with Gasteiger partial charge in [0.15, 0.2) is 0 Å². The van der Waals surface area contributed by atoms with Crippen molar-refractivity contribution in [2.75, 3.05) is 13.6 Å². The predicted molar refractivity (Wildman–Crippen MR) is 69.3 cm³/mol. The quantitative estimate of drug-likeness (QED) is 0.812. The van der Waals surface area contributed by atoms with Gasteiger partial charge in [-0.25, -0.2) is 0 Å². The third-order valence-electron chi connectivity index (χ3n) is 4.63. The van der Waals surface area contributed by atoms with E-state index in [0.29, 0.717) is 12.0 Å². The van der Waals surface area contributed by atoms with Crippen molar-refractivity contribution in [3.8, 4) is 6.07 Å². The zero-order valence-electron chi connectivity index (χ0n) is 11.2. The molecule has 2 aliphatic rings. The summed E-state index contributed by atoms with van der Waals surface area (Å²) >= 11 is 0. The number of hydrogen-bond donors (Lipinski definition) is 1. The lowest BCUT2D eigenvalue weighted by Gasteiger charge is -2.37. The standard InChI is InChI=1S/C14H25N3/c1-11-3-7-13(8-4-11)17(2)10-14(16,9-15)12-5-6-12/h11-13H,3-8,10,16H2,1-2H3. The van der Waals surface area contributed by atoms with E-state index >= 15 is 0 Å². The lowest BCUT2D eigenvalue weighted by molar-refractivity contribution is 0.146. The Labute approximate surface area is 105 Å². The first kappa shape index (κ1) is 12.9. The average molecular weight is 235 g/mol. The molecule has 0 bridgehead atoms. The van der Waals surface area contributed by atoms with E-state index in [1.54, 1.807) is 0 Å². The summed E-state index contributed by atoms with van der Waals surface area (Å²) < 4.78 is 0. The Hall–Kier alpha value is -0.590. The lowest BCUT2D eigenvalue weighted by atomic mass is 9.85. The van der Waals surface area contributed by atoms with Crippen LogP contribution in [0.4, 0.5) is 0 Å². The molecule has 3 nitrogen and oxygen atoms in total. The highest BCUT2D eigenvalue weighted by Crippen LogP contribution is 2.39. The molecular formula is C14H25N3. The summed E-state index contributed by atoms with van der Waals surface area (Å²) in [4.78, 5) is 2.34. The smallest absolute Gasteiger partial charge is 0.119 e. The molecular weight excluding hydrogens is 210 g/mol. The second kappa shape index (κ2) is 4.96. The fourth-order valence-electron chi connectivity index (χ4n) is 3.08. The summed E-state index contributed by atoms with van der Waals surface area (Å²) in [6.07, 6.45) is 7.46. The number of nitrogens with zero attached hydrogens (tertiary/aromatic N) is 2. The van der Waals surface area contributed by atoms with Crippen LogP contribution < -0.4 is 5.73 Å². The van der Waals surface area contributed by atoms with Crippen LogP contribution in [0.1, 0.15) is 45.4 Å². The summed E-state index contributed by atoms with van der Waals surface area (Å²) in [5.74, 6) is 1.32. The fraction of sp³-hybridized carbons (Fsp3) is 0.929. The van der Waals surface area contributed by atoms with Crippen LogP contribution in [0.25, 0.3) is 0 Å². The SMILES string of the molecule is CC1CCC(N(C)CC(N)(C#N)C2CC2)CC1. The Morgan fingerprint density at radius 1 is 1.24 bits per heavy atom. The first-order chi connectivity index (χ1) is 8.05. The van der Waals surface area contributed by atoms with E-state index < -0.39 is 5.54 Å². The fourth-order valence-corrected chi connectivity index (χ4v) is 3.08. The molecule has 0 amide bonds. The van der Waals surface area contributed by atoms with Gasteiger partial charge in [0, 0.05) is 12.6 Å².